The van der Waals surface area contributed by atoms with Crippen LogP contribution in [0.4, 0.5) is 5.69 Å². The molecule has 3 fully saturated rings. The van der Waals surface area contributed by atoms with Crippen molar-refractivity contribution in [2.24, 2.45) is 0 Å². The first-order chi connectivity index (χ1) is 15.1. The van der Waals surface area contributed by atoms with E-state index in [0.29, 0.717) is 19.4 Å². The summed E-state index contributed by atoms with van der Waals surface area (Å²) >= 11 is 0. The van der Waals surface area contributed by atoms with Gasteiger partial charge in [-0.05, 0) is 42.2 Å². The molecule has 4 aliphatic rings. The highest BCUT2D eigenvalue weighted by molar-refractivity contribution is 6.08. The fraction of sp³-hybridized carbons (Fsp3) is 0.440. The summed E-state index contributed by atoms with van der Waals surface area (Å²) in [5.74, 6) is 0.823. The second kappa shape index (κ2) is 6.57. The van der Waals surface area contributed by atoms with Crippen molar-refractivity contribution in [2.45, 2.75) is 62.4 Å². The first-order valence-electron chi connectivity index (χ1n) is 11.1. The first kappa shape index (κ1) is 18.9. The van der Waals surface area contributed by atoms with Gasteiger partial charge in [0.25, 0.3) is 5.91 Å². The van der Waals surface area contributed by atoms with E-state index in [1.165, 1.54) is 0 Å². The fourth-order valence-corrected chi connectivity index (χ4v) is 6.29. The zero-order chi connectivity index (χ0) is 21.2. The molecular formula is C25H26N2O4. The number of carbonyl (C=O) groups is 2. The van der Waals surface area contributed by atoms with E-state index in [4.69, 9.17) is 9.47 Å². The maximum Gasteiger partial charge on any atom is 0.258 e. The molecular weight excluding hydrogens is 392 g/mol. The molecule has 6 nitrogen and oxygen atoms in total. The van der Waals surface area contributed by atoms with Crippen molar-refractivity contribution in [3.05, 3.63) is 59.7 Å². The van der Waals surface area contributed by atoms with Crippen molar-refractivity contribution in [1.82, 2.24) is 4.90 Å². The number of rotatable bonds is 3. The minimum absolute atomic E-state index is 0.0144. The molecule has 0 unspecified atom stereocenters. The summed E-state index contributed by atoms with van der Waals surface area (Å²) in [4.78, 5) is 31.3. The molecule has 6 heteroatoms. The number of anilines is 1. The Labute approximate surface area is 181 Å². The quantitative estimate of drug-likeness (QED) is 0.766. The molecule has 2 amide bonds. The van der Waals surface area contributed by atoms with Gasteiger partial charge in [-0.3, -0.25) is 14.5 Å². The Bertz CT molecular complexity index is 1070. The third kappa shape index (κ3) is 2.42. The SMILES string of the molecule is COc1ccc(CN2C(=O)C[C@@]34CCCC[C@@]23C(=O)N2c3ccccc3C[C@H]2O4)cc1. The summed E-state index contributed by atoms with van der Waals surface area (Å²) in [5.41, 5.74) is 1.39. The first-order valence-corrected chi connectivity index (χ1v) is 11.1. The second-order valence-electron chi connectivity index (χ2n) is 9.15. The number of carbonyl (C=O) groups excluding carboxylic acids is 2. The Morgan fingerprint density at radius 1 is 1.06 bits per heavy atom. The molecule has 3 heterocycles. The van der Waals surface area contributed by atoms with E-state index in [1.807, 2.05) is 52.3 Å². The van der Waals surface area contributed by atoms with Crippen LogP contribution in [0.15, 0.2) is 48.5 Å². The molecule has 0 N–H and O–H groups in total. The van der Waals surface area contributed by atoms with Crippen molar-refractivity contribution in [2.75, 3.05) is 12.0 Å². The Kier molecular flexibility index (Phi) is 4.00. The molecule has 6 rings (SSSR count). The molecule has 31 heavy (non-hydrogen) atoms. The topological polar surface area (TPSA) is 59.1 Å². The third-order valence-electron chi connectivity index (χ3n) is 7.69. The van der Waals surface area contributed by atoms with Gasteiger partial charge in [0, 0.05) is 18.7 Å². The lowest BCUT2D eigenvalue weighted by atomic mass is 9.67. The second-order valence-corrected chi connectivity index (χ2v) is 9.15. The van der Waals surface area contributed by atoms with Gasteiger partial charge in [0.2, 0.25) is 5.91 Å². The van der Waals surface area contributed by atoms with Gasteiger partial charge in [-0.2, -0.15) is 0 Å². The van der Waals surface area contributed by atoms with Gasteiger partial charge in [0.15, 0.2) is 5.54 Å². The molecule has 2 saturated heterocycles. The van der Waals surface area contributed by atoms with Gasteiger partial charge >= 0.3 is 0 Å². The van der Waals surface area contributed by atoms with Crippen molar-refractivity contribution in [3.8, 4) is 5.75 Å². The highest BCUT2D eigenvalue weighted by atomic mass is 16.5. The number of para-hydroxylation sites is 1. The maximum absolute atomic E-state index is 14.3. The summed E-state index contributed by atoms with van der Waals surface area (Å²) in [5, 5.41) is 0. The molecule has 0 bridgehead atoms. The summed E-state index contributed by atoms with van der Waals surface area (Å²) in [6.45, 7) is 0.403. The van der Waals surface area contributed by atoms with Gasteiger partial charge in [-0.1, -0.05) is 43.2 Å². The number of amides is 2. The van der Waals surface area contributed by atoms with E-state index >= 15 is 0 Å². The van der Waals surface area contributed by atoms with Gasteiger partial charge in [-0.25, -0.2) is 0 Å². The predicted molar refractivity (Wildman–Crippen MR) is 115 cm³/mol. The van der Waals surface area contributed by atoms with Crippen molar-refractivity contribution in [3.63, 3.8) is 0 Å². The van der Waals surface area contributed by atoms with Gasteiger partial charge in [-0.15, -0.1) is 0 Å². The van der Waals surface area contributed by atoms with Crippen LogP contribution >= 0.6 is 0 Å². The van der Waals surface area contributed by atoms with Gasteiger partial charge in [0.1, 0.15) is 17.6 Å². The highest BCUT2D eigenvalue weighted by Crippen LogP contribution is 2.57. The summed E-state index contributed by atoms with van der Waals surface area (Å²) < 4.78 is 12.0. The van der Waals surface area contributed by atoms with Crippen LogP contribution in [0.5, 0.6) is 5.75 Å². The number of methoxy groups -OCH3 is 1. The number of ether oxygens (including phenoxy) is 2. The van der Waals surface area contributed by atoms with E-state index in [-0.39, 0.29) is 24.5 Å². The van der Waals surface area contributed by atoms with Crippen LogP contribution < -0.4 is 9.64 Å². The largest absolute Gasteiger partial charge is 0.497 e. The molecule has 2 aromatic carbocycles. The average Bonchev–Trinajstić information content (AvgIpc) is 3.27. The predicted octanol–water partition coefficient (Wildman–Crippen LogP) is 3.42. The zero-order valence-electron chi connectivity index (χ0n) is 17.7. The van der Waals surface area contributed by atoms with E-state index in [9.17, 15) is 9.59 Å². The average molecular weight is 418 g/mol. The number of hydrogen-bond acceptors (Lipinski definition) is 4. The van der Waals surface area contributed by atoms with Crippen LogP contribution in [-0.4, -0.2) is 41.2 Å². The Morgan fingerprint density at radius 2 is 1.84 bits per heavy atom. The molecule has 1 aliphatic carbocycles. The normalized spacial score (nSPS) is 31.2. The Hall–Kier alpha value is -2.86. The van der Waals surface area contributed by atoms with Gasteiger partial charge < -0.3 is 14.4 Å². The van der Waals surface area contributed by atoms with Crippen molar-refractivity contribution < 1.29 is 19.1 Å². The summed E-state index contributed by atoms with van der Waals surface area (Å²) in [6, 6.07) is 15.8. The lowest BCUT2D eigenvalue weighted by Crippen LogP contribution is -2.74. The number of benzene rings is 2. The third-order valence-corrected chi connectivity index (χ3v) is 7.69. The minimum atomic E-state index is -0.934. The lowest BCUT2D eigenvalue weighted by Gasteiger charge is -2.56. The van der Waals surface area contributed by atoms with Crippen LogP contribution in [0.3, 0.4) is 0 Å². The number of likely N-dealkylation sites (tertiary alicyclic amines) is 1. The monoisotopic (exact) mass is 418 g/mol. The zero-order valence-corrected chi connectivity index (χ0v) is 17.7. The van der Waals surface area contributed by atoms with Crippen molar-refractivity contribution in [1.29, 1.82) is 0 Å². The molecule has 0 aromatic heterocycles. The van der Waals surface area contributed by atoms with Crippen molar-refractivity contribution >= 4 is 17.5 Å². The van der Waals surface area contributed by atoms with E-state index in [2.05, 4.69) is 6.07 Å². The maximum atomic E-state index is 14.3. The lowest BCUT2D eigenvalue weighted by molar-refractivity contribution is -0.198. The summed E-state index contributed by atoms with van der Waals surface area (Å²) in [7, 11) is 1.64. The van der Waals surface area contributed by atoms with E-state index in [0.717, 1.165) is 41.8 Å². The standard InChI is InChI=1S/C25H26N2O4/c1-30-19-10-8-17(9-11-19)16-26-21(28)15-24-12-4-5-13-25(24,26)23(29)27-20-7-3-2-6-18(20)14-22(27)31-24/h2-3,6-11,22H,4-5,12-16H2,1H3/t22-,24+,25+/m1/s1. The molecule has 0 radical (unpaired) electrons. The Balaban J connectivity index is 1.44. The highest BCUT2D eigenvalue weighted by Gasteiger charge is 2.73. The van der Waals surface area contributed by atoms with Crippen LogP contribution in [-0.2, 0) is 27.3 Å². The number of nitrogens with zero attached hydrogens (tertiary/aromatic N) is 2. The van der Waals surface area contributed by atoms with Crippen LogP contribution in [0, 0.1) is 0 Å². The number of hydrogen-bond donors (Lipinski definition) is 0. The molecule has 3 aliphatic heterocycles. The molecule has 160 valence electrons. The molecule has 2 aromatic rings. The smallest absolute Gasteiger partial charge is 0.258 e. The number of fused-ring (bicyclic) bond motifs is 3. The summed E-state index contributed by atoms with van der Waals surface area (Å²) in [6.07, 6.45) is 3.97. The molecule has 1 saturated carbocycles. The minimum Gasteiger partial charge on any atom is -0.497 e. The Morgan fingerprint density at radius 3 is 2.65 bits per heavy atom. The van der Waals surface area contributed by atoms with E-state index in [1.54, 1.807) is 7.11 Å². The van der Waals surface area contributed by atoms with Gasteiger partial charge in [0.05, 0.1) is 13.5 Å². The van der Waals surface area contributed by atoms with Crippen LogP contribution in [0.1, 0.15) is 43.2 Å². The van der Waals surface area contributed by atoms with E-state index < -0.39 is 11.1 Å². The van der Waals surface area contributed by atoms with Crippen LogP contribution in [0.2, 0.25) is 0 Å². The molecule has 0 spiro atoms. The van der Waals surface area contributed by atoms with Crippen LogP contribution in [0.25, 0.3) is 0 Å². The molecule has 3 atom stereocenters. The fourth-order valence-electron chi connectivity index (χ4n) is 6.29.